The molecule has 0 aromatic heterocycles. The first kappa shape index (κ1) is 59.3. The Morgan fingerprint density at radius 3 is 1.12 bits per heavy atom. The van der Waals surface area contributed by atoms with Crippen molar-refractivity contribution in [3.63, 3.8) is 0 Å². The van der Waals surface area contributed by atoms with E-state index < -0.39 is 0 Å². The summed E-state index contributed by atoms with van der Waals surface area (Å²) in [5.41, 5.74) is 36.2. The van der Waals surface area contributed by atoms with Crippen LogP contribution in [0.1, 0.15) is 64.2 Å². The Labute approximate surface area is 611 Å². The number of nitrogens with one attached hydrogen (secondary N) is 1. The van der Waals surface area contributed by atoms with Gasteiger partial charge in [-0.15, -0.1) is 0 Å². The predicted octanol–water partition coefficient (Wildman–Crippen LogP) is 20.0. The first-order valence-corrected chi connectivity index (χ1v) is 38.6. The number of fused-ring (bicyclic) bond motifs is 8. The van der Waals surface area contributed by atoms with Crippen molar-refractivity contribution in [2.75, 3.05) is 29.8 Å². The van der Waals surface area contributed by atoms with Crippen LogP contribution in [0.25, 0.3) is 55.6 Å². The van der Waals surface area contributed by atoms with Crippen molar-refractivity contribution in [3.8, 4) is 55.6 Å². The molecule has 0 spiro atoms. The van der Waals surface area contributed by atoms with Gasteiger partial charge in [-0.05, 0) is 197 Å². The molecule has 0 radical (unpaired) electrons. The standard InChI is InChI=1S/C96H78B2N6/c1-7-25-64(26-8-1)75-37-23-38-76(65-27-9-2-10-28-65)95(75)103-85-44-22-20-42-80(85)97-81-57-82-86(58-83(81)99-94-91(68-33-15-5-16-34-68)87(59-90(103)93(94)97)101-72-51-62-46-63(53-72)54-73(101)52-62)104(96-77(66-29-11-3-12-30-66)39-24-40-78(96)67-31-13-4-14-32-67)89-56-74(100-70-47-60-45-61(49-70)50-71(100)48-60)55-88-92(89)98(82)79-41-19-21-43-84(79)102(88)69-35-17-6-18-36-69/h1-44,55-63,70-73,99H,45-54H2. The third-order valence-electron chi connectivity index (χ3n) is 26.3. The van der Waals surface area contributed by atoms with Crippen LogP contribution in [0, 0.1) is 23.7 Å². The fraction of sp³-hybridized carbons (Fsp3) is 0.188. The zero-order chi connectivity index (χ0) is 67.8. The summed E-state index contributed by atoms with van der Waals surface area (Å²) in [5.74, 6) is 3.21. The van der Waals surface area contributed by atoms with Gasteiger partial charge in [0.1, 0.15) is 0 Å². The molecule has 12 aliphatic rings. The van der Waals surface area contributed by atoms with Crippen molar-refractivity contribution in [2.45, 2.75) is 88.4 Å². The molecular formula is C96H78B2N6. The topological polar surface area (TPSA) is 28.2 Å². The molecule has 0 amide bonds. The van der Waals surface area contributed by atoms with Crippen LogP contribution in [-0.4, -0.2) is 37.6 Å². The van der Waals surface area contributed by atoms with E-state index >= 15 is 0 Å². The minimum absolute atomic E-state index is 0.131. The zero-order valence-corrected chi connectivity index (χ0v) is 58.4. The van der Waals surface area contributed by atoms with Gasteiger partial charge >= 0.3 is 0 Å². The molecule has 0 atom stereocenters. The summed E-state index contributed by atoms with van der Waals surface area (Å²) in [6.07, 6.45) is 12.9. The van der Waals surface area contributed by atoms with Crippen LogP contribution < -0.4 is 62.6 Å². The maximum absolute atomic E-state index is 4.65. The minimum atomic E-state index is -0.166. The Balaban J connectivity index is 0.846. The van der Waals surface area contributed by atoms with Crippen molar-refractivity contribution in [1.29, 1.82) is 0 Å². The van der Waals surface area contributed by atoms with E-state index in [1.165, 1.54) is 221 Å². The molecule has 6 nitrogen and oxygen atoms in total. The van der Waals surface area contributed by atoms with Crippen LogP contribution in [0.3, 0.4) is 0 Å². The molecule has 1 N–H and O–H groups in total. The second-order valence-corrected chi connectivity index (χ2v) is 31.9. The lowest BCUT2D eigenvalue weighted by Gasteiger charge is -2.58. The molecule has 8 aliphatic heterocycles. The first-order chi connectivity index (χ1) is 51.6. The fourth-order valence-corrected chi connectivity index (χ4v) is 22.7. The highest BCUT2D eigenvalue weighted by Crippen LogP contribution is 2.59. The third-order valence-corrected chi connectivity index (χ3v) is 26.3. The molecule has 13 aromatic carbocycles. The SMILES string of the molecule is c1ccc(-c2cccc(-c3ccccc3)c2N2c3cc4c(cc3B3c5ccccc5N(c5ccccc5)c5cc(N6C7CC8CC(C7)CC6C8)cc2c53)B2c3ccccc3N(c3c(-c5ccccc5)cccc3-c3ccccc3)c3cc(N5C6CC7CC(C6)CC5C7)c(-c5ccccc5)c(c32)N4)cc1. The molecular weight excluding hydrogens is 1260 g/mol. The highest BCUT2D eigenvalue weighted by atomic mass is 15.3. The summed E-state index contributed by atoms with van der Waals surface area (Å²) in [7, 11) is 0. The number of hydrogen-bond donors (Lipinski definition) is 1. The van der Waals surface area contributed by atoms with E-state index in [9.17, 15) is 0 Å². The largest absolute Gasteiger partial charge is 0.365 e. The van der Waals surface area contributed by atoms with Gasteiger partial charge in [0.15, 0.2) is 0 Å². The molecule has 4 aliphatic carbocycles. The van der Waals surface area contributed by atoms with Crippen LogP contribution in [0.15, 0.2) is 297 Å². The molecule has 4 saturated heterocycles. The van der Waals surface area contributed by atoms with Gasteiger partial charge in [-0.1, -0.05) is 249 Å². The monoisotopic (exact) mass is 1340 g/mol. The summed E-state index contributed by atoms with van der Waals surface area (Å²) in [6, 6.07) is 116. The molecule has 8 heteroatoms. The van der Waals surface area contributed by atoms with E-state index in [0.29, 0.717) is 24.2 Å². The lowest BCUT2D eigenvalue weighted by Crippen LogP contribution is -2.65. The second kappa shape index (κ2) is 23.1. The van der Waals surface area contributed by atoms with Crippen molar-refractivity contribution in [3.05, 3.63) is 297 Å². The van der Waals surface area contributed by atoms with E-state index in [1.807, 2.05) is 0 Å². The molecule has 0 unspecified atom stereocenters. The van der Waals surface area contributed by atoms with Crippen molar-refractivity contribution < 1.29 is 0 Å². The number of hydrogen-bond acceptors (Lipinski definition) is 6. The van der Waals surface area contributed by atoms with Crippen LogP contribution >= 0.6 is 0 Å². The number of anilines is 13. The van der Waals surface area contributed by atoms with Crippen molar-refractivity contribution in [1.82, 2.24) is 0 Å². The van der Waals surface area contributed by atoms with Crippen LogP contribution in [0.4, 0.5) is 73.9 Å². The molecule has 4 saturated carbocycles. The Morgan fingerprint density at radius 1 is 0.260 bits per heavy atom. The van der Waals surface area contributed by atoms with Crippen molar-refractivity contribution in [2.24, 2.45) is 23.7 Å². The average Bonchev–Trinajstić information content (AvgIpc) is 0.682. The van der Waals surface area contributed by atoms with Gasteiger partial charge in [-0.25, -0.2) is 0 Å². The zero-order valence-electron chi connectivity index (χ0n) is 58.4. The fourth-order valence-electron chi connectivity index (χ4n) is 22.7. The lowest BCUT2D eigenvalue weighted by molar-refractivity contribution is 0.0899. The summed E-state index contributed by atoms with van der Waals surface area (Å²) >= 11 is 0. The molecule has 8 heterocycles. The normalized spacial score (nSPS) is 22.0. The highest BCUT2D eigenvalue weighted by Gasteiger charge is 2.53. The predicted molar refractivity (Wildman–Crippen MR) is 437 cm³/mol. The van der Waals surface area contributed by atoms with E-state index in [-0.39, 0.29) is 13.4 Å². The smallest absolute Gasteiger partial charge is 0.252 e. The number of nitrogens with zero attached hydrogens (tertiary/aromatic N) is 5. The van der Waals surface area contributed by atoms with E-state index in [1.54, 1.807) is 0 Å². The third kappa shape index (κ3) is 8.90. The van der Waals surface area contributed by atoms with Gasteiger partial charge in [-0.2, -0.15) is 0 Å². The average molecular weight is 1340 g/mol. The number of para-hydroxylation sites is 5. The maximum Gasteiger partial charge on any atom is 0.252 e. The Hall–Kier alpha value is -11.2. The van der Waals surface area contributed by atoms with E-state index in [0.717, 1.165) is 29.4 Å². The Bertz CT molecular complexity index is 5440. The summed E-state index contributed by atoms with van der Waals surface area (Å²) < 4.78 is 0. The van der Waals surface area contributed by atoms with Crippen LogP contribution in [0.2, 0.25) is 0 Å². The quantitative estimate of drug-likeness (QED) is 0.137. The number of piperidine rings is 4. The Kier molecular flexibility index (Phi) is 13.2. The van der Waals surface area contributed by atoms with Gasteiger partial charge < -0.3 is 29.8 Å². The second-order valence-electron chi connectivity index (χ2n) is 31.9. The first-order valence-electron chi connectivity index (χ1n) is 38.6. The van der Waals surface area contributed by atoms with E-state index in [4.69, 9.17) is 0 Å². The minimum Gasteiger partial charge on any atom is -0.365 e. The van der Waals surface area contributed by atoms with Crippen molar-refractivity contribution >= 4 is 120 Å². The van der Waals surface area contributed by atoms with Gasteiger partial charge in [0.2, 0.25) is 0 Å². The highest BCUT2D eigenvalue weighted by molar-refractivity contribution is 7.03. The maximum atomic E-state index is 4.65. The lowest BCUT2D eigenvalue weighted by atomic mass is 9.30. The van der Waals surface area contributed by atoms with Gasteiger partial charge in [-0.3, -0.25) is 0 Å². The van der Waals surface area contributed by atoms with Gasteiger partial charge in [0.05, 0.1) is 11.4 Å². The van der Waals surface area contributed by atoms with Crippen LogP contribution in [-0.2, 0) is 0 Å². The summed E-state index contributed by atoms with van der Waals surface area (Å²) in [5, 5.41) is 4.65. The van der Waals surface area contributed by atoms with E-state index in [2.05, 4.69) is 327 Å². The van der Waals surface area contributed by atoms with Gasteiger partial charge in [0.25, 0.3) is 13.4 Å². The summed E-state index contributed by atoms with van der Waals surface area (Å²) in [4.78, 5) is 14.1. The number of benzene rings is 13. The van der Waals surface area contributed by atoms with Crippen LogP contribution in [0.5, 0.6) is 0 Å². The number of rotatable bonds is 10. The molecule has 8 bridgehead atoms. The Morgan fingerprint density at radius 2 is 0.644 bits per heavy atom. The van der Waals surface area contributed by atoms with Gasteiger partial charge in [0, 0.05) is 115 Å². The summed E-state index contributed by atoms with van der Waals surface area (Å²) in [6.45, 7) is -0.297. The molecule has 13 aromatic rings. The molecule has 25 rings (SSSR count). The molecule has 104 heavy (non-hydrogen) atoms. The molecule has 8 fully saturated rings. The molecule has 498 valence electrons.